The molecule has 2 aromatic carbocycles. The van der Waals surface area contributed by atoms with Crippen molar-refractivity contribution >= 4 is 31.9 Å². The molecular weight excluding hydrogens is 416 g/mol. The minimum atomic E-state index is -4.38. The zero-order chi connectivity index (χ0) is 21.9. The molecule has 154 valence electrons. The van der Waals surface area contributed by atoms with E-state index < -0.39 is 55.5 Å². The summed E-state index contributed by atoms with van der Waals surface area (Å²) >= 11 is 0. The van der Waals surface area contributed by atoms with Crippen LogP contribution in [-0.2, 0) is 27.7 Å². The smallest absolute Gasteiger partial charge is 0.452 e. The first-order valence-electron chi connectivity index (χ1n) is 7.99. The van der Waals surface area contributed by atoms with Crippen LogP contribution in [0.3, 0.4) is 0 Å². The van der Waals surface area contributed by atoms with Gasteiger partial charge >= 0.3 is 8.80 Å². The van der Waals surface area contributed by atoms with E-state index in [0.29, 0.717) is 6.07 Å². The van der Waals surface area contributed by atoms with Crippen LogP contribution >= 0.6 is 0 Å². The molecule has 0 saturated carbocycles. The minimum absolute atomic E-state index is 0.0367. The van der Waals surface area contributed by atoms with Gasteiger partial charge in [0.2, 0.25) is 0 Å². The number of carbonyl (C=O) groups excluding carboxylic acids is 3. The molecule has 2 rings (SSSR count). The first kappa shape index (κ1) is 22.1. The largest absolute Gasteiger partial charge is 0.742 e. The first-order valence-corrected chi connectivity index (χ1v) is 9.72. The summed E-state index contributed by atoms with van der Waals surface area (Å²) in [5.74, 6) is -9.85. The Balaban J connectivity index is 2.58. The highest BCUT2D eigenvalue weighted by atomic mass is 28.4. The van der Waals surface area contributed by atoms with E-state index >= 15 is 0 Å². The Kier molecular flexibility index (Phi) is 6.42. The van der Waals surface area contributed by atoms with E-state index in [-0.39, 0.29) is 10.8 Å². The van der Waals surface area contributed by atoms with Gasteiger partial charge in [0.25, 0.3) is 17.9 Å². The lowest BCUT2D eigenvalue weighted by Gasteiger charge is -2.26. The van der Waals surface area contributed by atoms with Gasteiger partial charge in [0, 0.05) is 26.3 Å². The molecule has 11 heteroatoms. The molecule has 0 radical (unpaired) electrons. The van der Waals surface area contributed by atoms with Crippen LogP contribution in [0.5, 0.6) is 0 Å². The standard InChI is InChI=1S/C18H14F4O6Si/c1-9(23)26-29(27-10(2)24,28-11(3)25)13-6-4-12(5-7-13)14-8-15(19)17(21)18(22)16(14)20/h4-8H,1-3H3. The molecule has 6 nitrogen and oxygen atoms in total. The van der Waals surface area contributed by atoms with Gasteiger partial charge in [0.05, 0.1) is 5.19 Å². The molecular formula is C18H14F4O6Si. The lowest BCUT2D eigenvalue weighted by atomic mass is 10.0. The van der Waals surface area contributed by atoms with Crippen LogP contribution in [0.2, 0.25) is 0 Å². The predicted octanol–water partition coefficient (Wildman–Crippen LogP) is 2.75. The number of hydrogen-bond donors (Lipinski definition) is 0. The van der Waals surface area contributed by atoms with Gasteiger partial charge in [-0.25, -0.2) is 17.6 Å². The normalized spacial score (nSPS) is 11.0. The second kappa shape index (κ2) is 8.43. The summed E-state index contributed by atoms with van der Waals surface area (Å²) in [5, 5.41) is -0.0367. The Labute approximate surface area is 163 Å². The Bertz CT molecular complexity index is 937. The molecule has 0 fully saturated rings. The van der Waals surface area contributed by atoms with Crippen LogP contribution in [0, 0.1) is 23.3 Å². The fourth-order valence-electron chi connectivity index (χ4n) is 2.44. The number of hydrogen-bond acceptors (Lipinski definition) is 6. The van der Waals surface area contributed by atoms with Gasteiger partial charge in [0.1, 0.15) is 0 Å². The topological polar surface area (TPSA) is 78.9 Å². The van der Waals surface area contributed by atoms with Crippen LogP contribution < -0.4 is 5.19 Å². The van der Waals surface area contributed by atoms with E-state index in [1.807, 2.05) is 0 Å². The molecule has 0 amide bonds. The van der Waals surface area contributed by atoms with Gasteiger partial charge in [-0.05, 0) is 11.6 Å². The average Bonchev–Trinajstić information content (AvgIpc) is 2.61. The van der Waals surface area contributed by atoms with Crippen molar-refractivity contribution in [3.8, 4) is 11.1 Å². The van der Waals surface area contributed by atoms with Crippen molar-refractivity contribution in [3.63, 3.8) is 0 Å². The number of halogens is 4. The van der Waals surface area contributed by atoms with Crippen LogP contribution in [0.15, 0.2) is 30.3 Å². The lowest BCUT2D eigenvalue weighted by molar-refractivity contribution is -0.146. The molecule has 0 aromatic heterocycles. The van der Waals surface area contributed by atoms with Gasteiger partial charge in [-0.1, -0.05) is 24.3 Å². The van der Waals surface area contributed by atoms with Gasteiger partial charge in [-0.3, -0.25) is 14.4 Å². The number of carbonyl (C=O) groups is 3. The molecule has 0 N–H and O–H groups in total. The molecule has 0 spiro atoms. The molecule has 0 bridgehead atoms. The van der Waals surface area contributed by atoms with E-state index in [1.165, 1.54) is 0 Å². The third kappa shape index (κ3) is 4.80. The van der Waals surface area contributed by atoms with Crippen molar-refractivity contribution in [2.24, 2.45) is 0 Å². The lowest BCUT2D eigenvalue weighted by Crippen LogP contribution is -2.59. The summed E-state index contributed by atoms with van der Waals surface area (Å²) in [7, 11) is -4.38. The molecule has 0 aliphatic rings. The maximum atomic E-state index is 14.0. The molecule has 0 aliphatic carbocycles. The zero-order valence-electron chi connectivity index (χ0n) is 15.3. The predicted molar refractivity (Wildman–Crippen MR) is 92.4 cm³/mol. The summed E-state index contributed by atoms with van der Waals surface area (Å²) in [5.41, 5.74) is -0.645. The van der Waals surface area contributed by atoms with E-state index in [4.69, 9.17) is 13.3 Å². The molecule has 0 atom stereocenters. The average molecular weight is 430 g/mol. The summed E-state index contributed by atoms with van der Waals surface area (Å²) in [6.45, 7) is 3.01. The highest BCUT2D eigenvalue weighted by Gasteiger charge is 2.54. The SMILES string of the molecule is CC(=O)O[Si](OC(C)=O)(OC(C)=O)c1ccc(-c2cc(F)c(F)c(F)c2F)cc1. The fraction of sp³-hybridized carbons (Fsp3) is 0.167. The third-order valence-electron chi connectivity index (χ3n) is 3.49. The Morgan fingerprint density at radius 2 is 1.17 bits per heavy atom. The first-order chi connectivity index (χ1) is 13.5. The molecule has 0 heterocycles. The van der Waals surface area contributed by atoms with Crippen molar-refractivity contribution in [2.45, 2.75) is 20.8 Å². The van der Waals surface area contributed by atoms with E-state index in [1.54, 1.807) is 0 Å². The maximum Gasteiger partial charge on any atom is 0.742 e. The highest BCUT2D eigenvalue weighted by molar-refractivity contribution is 6.79. The van der Waals surface area contributed by atoms with Gasteiger partial charge in [0.15, 0.2) is 23.3 Å². The van der Waals surface area contributed by atoms with Gasteiger partial charge < -0.3 is 13.3 Å². The monoisotopic (exact) mass is 430 g/mol. The summed E-state index contributed by atoms with van der Waals surface area (Å²) in [6.07, 6.45) is 0. The van der Waals surface area contributed by atoms with Crippen molar-refractivity contribution < 1.29 is 45.2 Å². The third-order valence-corrected chi connectivity index (χ3v) is 6.20. The van der Waals surface area contributed by atoms with Crippen molar-refractivity contribution in [1.82, 2.24) is 0 Å². The van der Waals surface area contributed by atoms with E-state index in [9.17, 15) is 31.9 Å². The van der Waals surface area contributed by atoms with Crippen molar-refractivity contribution in [1.29, 1.82) is 0 Å². The quantitative estimate of drug-likeness (QED) is 0.314. The fourth-order valence-corrected chi connectivity index (χ4v) is 4.63. The van der Waals surface area contributed by atoms with E-state index in [2.05, 4.69) is 0 Å². The second-order valence-electron chi connectivity index (χ2n) is 5.76. The van der Waals surface area contributed by atoms with Crippen molar-refractivity contribution in [3.05, 3.63) is 53.6 Å². The Morgan fingerprint density at radius 3 is 1.59 bits per heavy atom. The number of benzene rings is 2. The van der Waals surface area contributed by atoms with Crippen molar-refractivity contribution in [2.75, 3.05) is 0 Å². The van der Waals surface area contributed by atoms with Crippen LogP contribution in [0.1, 0.15) is 20.8 Å². The Morgan fingerprint density at radius 1 is 0.724 bits per heavy atom. The minimum Gasteiger partial charge on any atom is -0.452 e. The molecule has 29 heavy (non-hydrogen) atoms. The summed E-state index contributed by atoms with van der Waals surface area (Å²) in [4.78, 5) is 34.5. The number of rotatable bonds is 5. The molecule has 0 saturated heterocycles. The summed E-state index contributed by atoms with van der Waals surface area (Å²) in [6, 6.07) is 5.08. The summed E-state index contributed by atoms with van der Waals surface area (Å²) < 4.78 is 69.2. The van der Waals surface area contributed by atoms with E-state index in [0.717, 1.165) is 45.0 Å². The maximum absolute atomic E-state index is 14.0. The Hall–Kier alpha value is -3.21. The van der Waals surface area contributed by atoms with Crippen LogP contribution in [0.4, 0.5) is 17.6 Å². The zero-order valence-corrected chi connectivity index (χ0v) is 16.3. The highest BCUT2D eigenvalue weighted by Crippen LogP contribution is 2.28. The van der Waals surface area contributed by atoms with Crippen LogP contribution in [-0.4, -0.2) is 26.7 Å². The molecule has 0 aliphatic heterocycles. The van der Waals surface area contributed by atoms with Crippen LogP contribution in [0.25, 0.3) is 11.1 Å². The second-order valence-corrected chi connectivity index (χ2v) is 8.06. The molecule has 0 unspecified atom stereocenters. The van der Waals surface area contributed by atoms with Gasteiger partial charge in [-0.2, -0.15) is 0 Å². The van der Waals surface area contributed by atoms with Gasteiger partial charge in [-0.15, -0.1) is 0 Å². The molecule has 2 aromatic rings.